The van der Waals surface area contributed by atoms with Crippen molar-refractivity contribution in [2.75, 3.05) is 18.7 Å². The van der Waals surface area contributed by atoms with Gasteiger partial charge in [-0.1, -0.05) is 11.8 Å². The Morgan fingerprint density at radius 1 is 1.44 bits per heavy atom. The lowest BCUT2D eigenvalue weighted by Crippen LogP contribution is -2.33. The first kappa shape index (κ1) is 9.86. The Balaban J connectivity index is 1.98. The highest BCUT2D eigenvalue weighted by atomic mass is 32.2. The molecule has 0 aromatic heterocycles. The van der Waals surface area contributed by atoms with Crippen molar-refractivity contribution in [3.05, 3.63) is 30.6 Å². The molecule has 1 aromatic rings. The third kappa shape index (κ3) is 1.28. The van der Waals surface area contributed by atoms with Crippen molar-refractivity contribution < 1.29 is 9.84 Å². The Bertz CT molecular complexity index is 450. The van der Waals surface area contributed by atoms with Crippen LogP contribution in [0.25, 0.3) is 0 Å². The summed E-state index contributed by atoms with van der Waals surface area (Å²) in [6.07, 6.45) is 3.89. The van der Waals surface area contributed by atoms with Crippen LogP contribution in [0, 0.1) is 0 Å². The van der Waals surface area contributed by atoms with Crippen LogP contribution in [0.15, 0.2) is 35.5 Å². The summed E-state index contributed by atoms with van der Waals surface area (Å²) < 4.78 is 5.22. The minimum atomic E-state index is 0.0375. The van der Waals surface area contributed by atoms with Crippen molar-refractivity contribution in [1.82, 2.24) is 4.90 Å². The number of nitrogens with zero attached hydrogens (tertiary/aromatic N) is 2. The third-order valence-electron chi connectivity index (χ3n) is 2.78. The highest BCUT2D eigenvalue weighted by molar-refractivity contribution is 8.00. The average Bonchev–Trinajstić information content (AvgIpc) is 2.86. The molecule has 0 spiro atoms. The number of thioether (sulfide) groups is 1. The fourth-order valence-corrected chi connectivity index (χ4v) is 3.17. The Hall–Kier alpha value is -1.33. The largest absolute Gasteiger partial charge is 0.497 e. The molecule has 3 rings (SSSR count). The van der Waals surface area contributed by atoms with Gasteiger partial charge in [0, 0.05) is 23.4 Å². The fourth-order valence-electron chi connectivity index (χ4n) is 1.94. The zero-order chi connectivity index (χ0) is 11.1. The molecule has 0 fully saturated rings. The molecule has 2 aliphatic rings. The van der Waals surface area contributed by atoms with Gasteiger partial charge in [0.25, 0.3) is 0 Å². The maximum Gasteiger partial charge on any atom is 0.160 e. The summed E-state index contributed by atoms with van der Waals surface area (Å²) in [6.45, 7) is 0.0375. The molecule has 0 radical (unpaired) electrons. The minimum Gasteiger partial charge on any atom is -0.497 e. The van der Waals surface area contributed by atoms with E-state index in [2.05, 4.69) is 11.0 Å². The number of benzene rings is 1. The molecule has 0 aliphatic carbocycles. The highest BCUT2D eigenvalue weighted by Gasteiger charge is 2.35. The fraction of sp³-hybridized carbons (Fsp3) is 0.273. The maximum atomic E-state index is 9.20. The molecule has 0 amide bonds. The molecule has 2 aliphatic heterocycles. The average molecular weight is 236 g/mol. The van der Waals surface area contributed by atoms with Crippen LogP contribution < -0.4 is 9.64 Å². The van der Waals surface area contributed by atoms with E-state index in [1.807, 2.05) is 29.4 Å². The van der Waals surface area contributed by atoms with Crippen LogP contribution in [0.1, 0.15) is 0 Å². The minimum absolute atomic E-state index is 0.0375. The summed E-state index contributed by atoms with van der Waals surface area (Å²) in [5.74, 6) is 0.857. The molecule has 1 unspecified atom stereocenters. The van der Waals surface area contributed by atoms with Gasteiger partial charge in [0.15, 0.2) is 5.50 Å². The Morgan fingerprint density at radius 2 is 2.31 bits per heavy atom. The first-order valence-corrected chi connectivity index (χ1v) is 5.89. The van der Waals surface area contributed by atoms with Crippen LogP contribution in [0.3, 0.4) is 0 Å². The van der Waals surface area contributed by atoms with Crippen molar-refractivity contribution in [2.24, 2.45) is 0 Å². The van der Waals surface area contributed by atoms with Gasteiger partial charge < -0.3 is 19.6 Å². The molecule has 1 N–H and O–H groups in total. The van der Waals surface area contributed by atoms with E-state index >= 15 is 0 Å². The van der Waals surface area contributed by atoms with Crippen molar-refractivity contribution in [1.29, 1.82) is 0 Å². The van der Waals surface area contributed by atoms with Gasteiger partial charge in [-0.3, -0.25) is 0 Å². The van der Waals surface area contributed by atoms with E-state index in [9.17, 15) is 5.11 Å². The standard InChI is InChI=1S/C11H12N2O2S/c1-15-8-2-3-10-9(6-8)13-5-4-12(7-14)11(13)16-10/h2-6,11,14H,7H2,1H3. The third-order valence-corrected chi connectivity index (χ3v) is 4.09. The van der Waals surface area contributed by atoms with Gasteiger partial charge in [-0.2, -0.15) is 0 Å². The summed E-state index contributed by atoms with van der Waals surface area (Å²) in [5.41, 5.74) is 1.29. The summed E-state index contributed by atoms with van der Waals surface area (Å²) in [7, 11) is 1.67. The topological polar surface area (TPSA) is 35.9 Å². The number of methoxy groups -OCH3 is 1. The molecule has 2 heterocycles. The molecule has 84 valence electrons. The van der Waals surface area contributed by atoms with E-state index in [0.29, 0.717) is 0 Å². The van der Waals surface area contributed by atoms with Crippen molar-refractivity contribution >= 4 is 17.4 Å². The number of hydrogen-bond donors (Lipinski definition) is 1. The SMILES string of the molecule is COc1ccc2c(c1)N1C=CN(CO)C1S2. The molecular formula is C11H12N2O2S. The van der Waals surface area contributed by atoms with Crippen LogP contribution in [-0.2, 0) is 0 Å². The van der Waals surface area contributed by atoms with E-state index in [4.69, 9.17) is 4.74 Å². The molecule has 5 heteroatoms. The second kappa shape index (κ2) is 3.61. The number of hydrogen-bond acceptors (Lipinski definition) is 5. The predicted molar refractivity (Wildman–Crippen MR) is 63.2 cm³/mol. The quantitative estimate of drug-likeness (QED) is 0.844. The van der Waals surface area contributed by atoms with E-state index in [-0.39, 0.29) is 12.2 Å². The lowest BCUT2D eigenvalue weighted by atomic mass is 10.3. The first-order valence-electron chi connectivity index (χ1n) is 5.01. The van der Waals surface area contributed by atoms with Crippen molar-refractivity contribution in [3.63, 3.8) is 0 Å². The molecule has 16 heavy (non-hydrogen) atoms. The van der Waals surface area contributed by atoms with Gasteiger partial charge in [0.2, 0.25) is 0 Å². The number of anilines is 1. The first-order chi connectivity index (χ1) is 7.83. The van der Waals surface area contributed by atoms with Crippen molar-refractivity contribution in [2.45, 2.75) is 10.4 Å². The second-order valence-electron chi connectivity index (χ2n) is 3.64. The molecule has 1 atom stereocenters. The Labute approximate surface area is 98.1 Å². The zero-order valence-electron chi connectivity index (χ0n) is 8.83. The summed E-state index contributed by atoms with van der Waals surface area (Å²) in [4.78, 5) is 5.24. The van der Waals surface area contributed by atoms with Gasteiger partial charge in [0.1, 0.15) is 12.5 Å². The van der Waals surface area contributed by atoms with Crippen LogP contribution >= 0.6 is 11.8 Å². The van der Waals surface area contributed by atoms with Gasteiger partial charge in [0.05, 0.1) is 12.8 Å². The van der Waals surface area contributed by atoms with Gasteiger partial charge >= 0.3 is 0 Å². The van der Waals surface area contributed by atoms with E-state index in [1.54, 1.807) is 18.9 Å². The zero-order valence-corrected chi connectivity index (χ0v) is 9.65. The molecule has 0 saturated heterocycles. The van der Waals surface area contributed by atoms with Gasteiger partial charge in [-0.05, 0) is 12.1 Å². The normalized spacial score (nSPS) is 21.2. The van der Waals surface area contributed by atoms with E-state index in [0.717, 1.165) is 11.4 Å². The summed E-state index contributed by atoms with van der Waals surface area (Å²) in [6, 6.07) is 6.04. The number of fused-ring (bicyclic) bond motifs is 3. The smallest absolute Gasteiger partial charge is 0.160 e. The van der Waals surface area contributed by atoms with Gasteiger partial charge in [-0.25, -0.2) is 0 Å². The lowest BCUT2D eigenvalue weighted by molar-refractivity contribution is 0.152. The Kier molecular flexibility index (Phi) is 2.22. The molecule has 1 aromatic carbocycles. The van der Waals surface area contributed by atoms with Crippen LogP contribution in [-0.4, -0.2) is 29.3 Å². The second-order valence-corrected chi connectivity index (χ2v) is 4.74. The Morgan fingerprint density at radius 3 is 3.06 bits per heavy atom. The number of aliphatic hydroxyl groups is 1. The molecule has 0 saturated carbocycles. The van der Waals surface area contributed by atoms with Crippen LogP contribution in [0.4, 0.5) is 5.69 Å². The predicted octanol–water partition coefficient (Wildman–Crippen LogP) is 1.63. The summed E-state index contributed by atoms with van der Waals surface area (Å²) >= 11 is 1.73. The van der Waals surface area contributed by atoms with E-state index < -0.39 is 0 Å². The maximum absolute atomic E-state index is 9.20. The number of ether oxygens (including phenoxy) is 1. The monoisotopic (exact) mass is 236 g/mol. The number of rotatable bonds is 2. The molecule has 4 nitrogen and oxygen atoms in total. The molecule has 0 bridgehead atoms. The summed E-state index contributed by atoms with van der Waals surface area (Å²) in [5, 5.41) is 9.20. The van der Waals surface area contributed by atoms with Crippen LogP contribution in [0.2, 0.25) is 0 Å². The van der Waals surface area contributed by atoms with Crippen molar-refractivity contribution in [3.8, 4) is 5.75 Å². The van der Waals surface area contributed by atoms with Crippen LogP contribution in [0.5, 0.6) is 5.75 Å². The van der Waals surface area contributed by atoms with E-state index in [1.165, 1.54) is 4.90 Å². The van der Waals surface area contributed by atoms with Gasteiger partial charge in [-0.15, -0.1) is 0 Å². The number of aliphatic hydroxyl groups excluding tert-OH is 1. The highest BCUT2D eigenvalue weighted by Crippen LogP contribution is 2.48. The lowest BCUT2D eigenvalue weighted by Gasteiger charge is -2.23. The molecular weight excluding hydrogens is 224 g/mol.